The Hall–Kier alpha value is -1.66. The molecule has 1 aliphatic carbocycles. The zero-order valence-corrected chi connectivity index (χ0v) is 14.4. The van der Waals surface area contributed by atoms with Crippen LogP contribution in [0.5, 0.6) is 0 Å². The Balaban J connectivity index is 1.66. The van der Waals surface area contributed by atoms with Crippen LogP contribution in [0.4, 0.5) is 0 Å². The second-order valence-corrected chi connectivity index (χ2v) is 7.02. The van der Waals surface area contributed by atoms with Crippen molar-refractivity contribution in [1.29, 1.82) is 0 Å². The molecule has 130 valence electrons. The van der Waals surface area contributed by atoms with Gasteiger partial charge < -0.3 is 4.74 Å². The first-order valence-corrected chi connectivity index (χ1v) is 9.08. The quantitative estimate of drug-likeness (QED) is 0.842. The van der Waals surface area contributed by atoms with E-state index in [0.29, 0.717) is 13.2 Å². The van der Waals surface area contributed by atoms with E-state index in [4.69, 9.17) is 4.74 Å². The van der Waals surface area contributed by atoms with E-state index in [1.807, 2.05) is 21.3 Å². The first-order chi connectivity index (χ1) is 11.8. The van der Waals surface area contributed by atoms with Gasteiger partial charge in [0.2, 0.25) is 0 Å². The standard InChI is InChI=1S/C18H26N4O2/c1-24-12-11-21-16-7-4-9-19-17(16)22(18(21)23)15-8-10-20(13-15)14-5-2-3-6-14/h4,7,9,14-15H,2-3,5-6,8,10-13H2,1H3/t15-/m1/s1. The number of ether oxygens (including phenoxy) is 1. The van der Waals surface area contributed by atoms with Crippen LogP contribution in [0.2, 0.25) is 0 Å². The number of fused-ring (bicyclic) bond motifs is 1. The molecule has 24 heavy (non-hydrogen) atoms. The minimum atomic E-state index is 0.0546. The summed E-state index contributed by atoms with van der Waals surface area (Å²) in [5, 5.41) is 0. The van der Waals surface area contributed by atoms with Gasteiger partial charge in [-0.25, -0.2) is 9.78 Å². The fourth-order valence-corrected chi connectivity index (χ4v) is 4.42. The molecule has 0 aromatic carbocycles. The van der Waals surface area contributed by atoms with Crippen molar-refractivity contribution in [1.82, 2.24) is 19.0 Å². The van der Waals surface area contributed by atoms with Gasteiger partial charge >= 0.3 is 5.69 Å². The van der Waals surface area contributed by atoms with Crippen molar-refractivity contribution >= 4 is 11.2 Å². The van der Waals surface area contributed by atoms with Gasteiger partial charge in [0, 0.05) is 32.4 Å². The Morgan fingerprint density at radius 2 is 2.08 bits per heavy atom. The van der Waals surface area contributed by atoms with Gasteiger partial charge in [-0.05, 0) is 31.4 Å². The van der Waals surface area contributed by atoms with Crippen molar-refractivity contribution in [3.05, 3.63) is 28.8 Å². The Bertz CT molecular complexity index is 760. The van der Waals surface area contributed by atoms with Gasteiger partial charge in [-0.1, -0.05) is 12.8 Å². The fourth-order valence-electron chi connectivity index (χ4n) is 4.42. The average molecular weight is 330 g/mol. The molecule has 0 spiro atoms. The third kappa shape index (κ3) is 2.67. The second kappa shape index (κ2) is 6.69. The van der Waals surface area contributed by atoms with Crippen LogP contribution in [0, 0.1) is 0 Å². The number of likely N-dealkylation sites (tertiary alicyclic amines) is 1. The second-order valence-electron chi connectivity index (χ2n) is 7.02. The van der Waals surface area contributed by atoms with Crippen LogP contribution < -0.4 is 5.69 Å². The first kappa shape index (κ1) is 15.8. The molecule has 6 heteroatoms. The third-order valence-electron chi connectivity index (χ3n) is 5.64. The number of pyridine rings is 1. The van der Waals surface area contributed by atoms with E-state index < -0.39 is 0 Å². The van der Waals surface area contributed by atoms with Crippen molar-refractivity contribution in [3.8, 4) is 0 Å². The smallest absolute Gasteiger partial charge is 0.330 e. The maximum Gasteiger partial charge on any atom is 0.330 e. The van der Waals surface area contributed by atoms with Crippen LogP contribution in [0.25, 0.3) is 11.2 Å². The zero-order valence-electron chi connectivity index (χ0n) is 14.4. The number of hydrogen-bond acceptors (Lipinski definition) is 4. The molecule has 1 aliphatic heterocycles. The van der Waals surface area contributed by atoms with Crippen LogP contribution in [-0.4, -0.2) is 51.9 Å². The minimum Gasteiger partial charge on any atom is -0.383 e. The summed E-state index contributed by atoms with van der Waals surface area (Å²) < 4.78 is 8.91. The molecule has 6 nitrogen and oxygen atoms in total. The summed E-state index contributed by atoms with van der Waals surface area (Å²) in [5.74, 6) is 0. The lowest BCUT2D eigenvalue weighted by molar-refractivity contribution is 0.187. The van der Waals surface area contributed by atoms with Gasteiger partial charge in [0.15, 0.2) is 5.65 Å². The van der Waals surface area contributed by atoms with Crippen molar-refractivity contribution in [2.45, 2.75) is 50.7 Å². The van der Waals surface area contributed by atoms with Crippen molar-refractivity contribution in [3.63, 3.8) is 0 Å². The molecule has 1 saturated carbocycles. The number of hydrogen-bond donors (Lipinski definition) is 0. The van der Waals surface area contributed by atoms with E-state index in [0.717, 1.165) is 36.7 Å². The third-order valence-corrected chi connectivity index (χ3v) is 5.64. The van der Waals surface area contributed by atoms with Crippen LogP contribution in [0.1, 0.15) is 38.1 Å². The molecule has 0 amide bonds. The monoisotopic (exact) mass is 330 g/mol. The maximum absolute atomic E-state index is 13.0. The molecule has 2 aromatic rings. The van der Waals surface area contributed by atoms with Gasteiger partial charge in [-0.2, -0.15) is 0 Å². The highest BCUT2D eigenvalue weighted by Gasteiger charge is 2.33. The van der Waals surface area contributed by atoms with Crippen LogP contribution in [0.3, 0.4) is 0 Å². The van der Waals surface area contributed by atoms with Gasteiger partial charge in [-0.15, -0.1) is 0 Å². The van der Waals surface area contributed by atoms with Gasteiger partial charge in [0.25, 0.3) is 0 Å². The molecule has 0 radical (unpaired) electrons. The lowest BCUT2D eigenvalue weighted by Gasteiger charge is -2.23. The molecule has 0 bridgehead atoms. The minimum absolute atomic E-state index is 0.0546. The number of imidazole rings is 1. The van der Waals surface area contributed by atoms with E-state index in [-0.39, 0.29) is 11.7 Å². The Morgan fingerprint density at radius 1 is 1.25 bits per heavy atom. The van der Waals surface area contributed by atoms with Crippen molar-refractivity contribution < 1.29 is 4.74 Å². The molecular formula is C18H26N4O2. The van der Waals surface area contributed by atoms with Gasteiger partial charge in [0.1, 0.15) is 0 Å². The highest BCUT2D eigenvalue weighted by Crippen LogP contribution is 2.31. The summed E-state index contributed by atoms with van der Waals surface area (Å²) in [5.41, 5.74) is 1.79. The van der Waals surface area contributed by atoms with E-state index in [2.05, 4.69) is 9.88 Å². The fraction of sp³-hybridized carbons (Fsp3) is 0.667. The van der Waals surface area contributed by atoms with E-state index in [1.54, 1.807) is 13.3 Å². The highest BCUT2D eigenvalue weighted by atomic mass is 16.5. The summed E-state index contributed by atoms with van der Waals surface area (Å²) >= 11 is 0. The van der Waals surface area contributed by atoms with E-state index in [1.165, 1.54) is 25.7 Å². The lowest BCUT2D eigenvalue weighted by Crippen LogP contribution is -2.33. The van der Waals surface area contributed by atoms with E-state index in [9.17, 15) is 4.79 Å². The predicted molar refractivity (Wildman–Crippen MR) is 93.4 cm³/mol. The molecule has 0 N–H and O–H groups in total. The van der Waals surface area contributed by atoms with Crippen molar-refractivity contribution in [2.75, 3.05) is 26.8 Å². The molecule has 2 fully saturated rings. The van der Waals surface area contributed by atoms with E-state index >= 15 is 0 Å². The maximum atomic E-state index is 13.0. The predicted octanol–water partition coefficient (Wildman–Crippen LogP) is 2.03. The zero-order chi connectivity index (χ0) is 16.5. The Labute approximate surface area is 142 Å². The lowest BCUT2D eigenvalue weighted by atomic mass is 10.2. The largest absolute Gasteiger partial charge is 0.383 e. The van der Waals surface area contributed by atoms with Gasteiger partial charge in [-0.3, -0.25) is 14.0 Å². The van der Waals surface area contributed by atoms with Gasteiger partial charge in [0.05, 0.1) is 24.7 Å². The normalized spacial score (nSPS) is 22.8. The Morgan fingerprint density at radius 3 is 2.88 bits per heavy atom. The van der Waals surface area contributed by atoms with Crippen molar-refractivity contribution in [2.24, 2.45) is 0 Å². The number of methoxy groups -OCH3 is 1. The molecule has 2 aliphatic rings. The SMILES string of the molecule is COCCn1c(=O)n([C@@H]2CCN(C3CCCC3)C2)c2ncccc21. The summed E-state index contributed by atoms with van der Waals surface area (Å²) in [6, 6.07) is 4.84. The van der Waals surface area contributed by atoms with Crippen LogP contribution in [0.15, 0.2) is 23.1 Å². The molecule has 4 rings (SSSR count). The summed E-state index contributed by atoms with van der Waals surface area (Å²) in [7, 11) is 1.67. The van der Waals surface area contributed by atoms with Crippen LogP contribution >= 0.6 is 0 Å². The molecule has 1 saturated heterocycles. The Kier molecular flexibility index (Phi) is 4.41. The molecular weight excluding hydrogens is 304 g/mol. The summed E-state index contributed by atoms with van der Waals surface area (Å²) in [6.07, 6.45) is 8.15. The average Bonchev–Trinajstić information content (AvgIpc) is 3.32. The topological polar surface area (TPSA) is 52.3 Å². The molecule has 2 aromatic heterocycles. The van der Waals surface area contributed by atoms with Crippen LogP contribution in [-0.2, 0) is 11.3 Å². The highest BCUT2D eigenvalue weighted by molar-refractivity contribution is 5.71. The summed E-state index contributed by atoms with van der Waals surface area (Å²) in [4.78, 5) is 20.1. The number of nitrogens with zero attached hydrogens (tertiary/aromatic N) is 4. The molecule has 1 atom stereocenters. The number of aromatic nitrogens is 3. The number of rotatable bonds is 5. The first-order valence-electron chi connectivity index (χ1n) is 9.08. The molecule has 0 unspecified atom stereocenters. The molecule has 3 heterocycles. The summed E-state index contributed by atoms with van der Waals surface area (Å²) in [6.45, 7) is 3.18.